The summed E-state index contributed by atoms with van der Waals surface area (Å²) in [5, 5.41) is 1.00. The van der Waals surface area contributed by atoms with Gasteiger partial charge in [-0.2, -0.15) is 11.8 Å². The Hall–Kier alpha value is -1.46. The molecule has 0 bridgehead atoms. The largest absolute Gasteiger partial charge is 0.451 e. The van der Waals surface area contributed by atoms with Crippen LogP contribution < -0.4 is 0 Å². The van der Waals surface area contributed by atoms with Gasteiger partial charge in [0.05, 0.1) is 6.04 Å². The molecule has 24 heavy (non-hydrogen) atoms. The summed E-state index contributed by atoms with van der Waals surface area (Å²) in [7, 11) is 0. The van der Waals surface area contributed by atoms with E-state index in [1.165, 1.54) is 25.9 Å². The smallest absolute Gasteiger partial charge is 0.289 e. The summed E-state index contributed by atoms with van der Waals surface area (Å²) in [4.78, 5) is 17.7. The summed E-state index contributed by atoms with van der Waals surface area (Å²) < 4.78 is 5.83. The third-order valence-electron chi connectivity index (χ3n) is 5.00. The molecule has 1 atom stereocenters. The Balaban J connectivity index is 1.56. The second-order valence-corrected chi connectivity index (χ2v) is 7.89. The van der Waals surface area contributed by atoms with Gasteiger partial charge in [-0.3, -0.25) is 4.79 Å². The number of hydrogen-bond acceptors (Lipinski definition) is 4. The van der Waals surface area contributed by atoms with Gasteiger partial charge in [-0.25, -0.2) is 0 Å². The average molecular weight is 344 g/mol. The first-order valence-corrected chi connectivity index (χ1v) is 10.1. The minimum Gasteiger partial charge on any atom is -0.451 e. The van der Waals surface area contributed by atoms with E-state index < -0.39 is 0 Å². The number of hydrogen-bond donors (Lipinski definition) is 0. The first-order chi connectivity index (χ1) is 11.8. The van der Waals surface area contributed by atoms with Gasteiger partial charge >= 0.3 is 0 Å². The fraction of sp³-hybridized carbons (Fsp3) is 0.526. The normalized spacial score (nSPS) is 22.8. The van der Waals surface area contributed by atoms with Gasteiger partial charge in [0.25, 0.3) is 5.91 Å². The van der Waals surface area contributed by atoms with Crippen LogP contribution in [-0.4, -0.2) is 59.4 Å². The number of benzene rings is 1. The molecule has 2 saturated heterocycles. The molecular weight excluding hydrogens is 320 g/mol. The van der Waals surface area contributed by atoms with Crippen molar-refractivity contribution in [2.45, 2.75) is 25.3 Å². The number of fused-ring (bicyclic) bond motifs is 1. The van der Waals surface area contributed by atoms with Gasteiger partial charge in [-0.05, 0) is 50.2 Å². The summed E-state index contributed by atoms with van der Waals surface area (Å²) in [6, 6.07) is 10.0. The van der Waals surface area contributed by atoms with E-state index in [4.69, 9.17) is 4.42 Å². The van der Waals surface area contributed by atoms with Crippen molar-refractivity contribution >= 4 is 28.6 Å². The van der Waals surface area contributed by atoms with Gasteiger partial charge in [0.2, 0.25) is 0 Å². The summed E-state index contributed by atoms with van der Waals surface area (Å²) in [6.07, 6.45) is 3.64. The Bertz CT molecular complexity index is 675. The highest BCUT2D eigenvalue weighted by atomic mass is 32.2. The minimum atomic E-state index is 0.0536. The van der Waals surface area contributed by atoms with Gasteiger partial charge in [0.15, 0.2) is 5.76 Å². The van der Waals surface area contributed by atoms with Crippen LogP contribution in [0.1, 0.15) is 29.8 Å². The summed E-state index contributed by atoms with van der Waals surface area (Å²) >= 11 is 1.98. The van der Waals surface area contributed by atoms with Crippen molar-refractivity contribution in [1.82, 2.24) is 9.80 Å². The fourth-order valence-electron chi connectivity index (χ4n) is 3.74. The Kier molecular flexibility index (Phi) is 4.81. The number of furan rings is 1. The molecule has 2 aliphatic heterocycles. The molecule has 1 aromatic carbocycles. The van der Waals surface area contributed by atoms with E-state index in [9.17, 15) is 4.79 Å². The first-order valence-electron chi connectivity index (χ1n) is 8.91. The van der Waals surface area contributed by atoms with E-state index in [0.717, 1.165) is 42.0 Å². The minimum absolute atomic E-state index is 0.0536. The maximum atomic E-state index is 13.1. The highest BCUT2D eigenvalue weighted by molar-refractivity contribution is 7.99. The molecule has 2 aliphatic rings. The van der Waals surface area contributed by atoms with Crippen molar-refractivity contribution < 1.29 is 9.21 Å². The Morgan fingerprint density at radius 1 is 1.17 bits per heavy atom. The number of likely N-dealkylation sites (tertiary alicyclic amines) is 1. The molecule has 0 saturated carbocycles. The van der Waals surface area contributed by atoms with Gasteiger partial charge in [0, 0.05) is 24.2 Å². The number of thioether (sulfide) groups is 1. The van der Waals surface area contributed by atoms with Crippen molar-refractivity contribution in [3.8, 4) is 0 Å². The van der Waals surface area contributed by atoms with Crippen molar-refractivity contribution in [2.24, 2.45) is 0 Å². The monoisotopic (exact) mass is 344 g/mol. The van der Waals surface area contributed by atoms with Gasteiger partial charge in [-0.15, -0.1) is 0 Å². The molecule has 4 rings (SSSR count). The van der Waals surface area contributed by atoms with Crippen LogP contribution in [0.25, 0.3) is 11.0 Å². The zero-order valence-corrected chi connectivity index (χ0v) is 14.8. The van der Waals surface area contributed by atoms with Crippen LogP contribution in [0.3, 0.4) is 0 Å². The summed E-state index contributed by atoms with van der Waals surface area (Å²) in [5.74, 6) is 2.70. The zero-order valence-electron chi connectivity index (χ0n) is 13.9. The lowest BCUT2D eigenvalue weighted by Crippen LogP contribution is -2.47. The lowest BCUT2D eigenvalue weighted by Gasteiger charge is -2.32. The standard InChI is InChI=1S/C19H24N2O2S/c22-19(18-12-15-6-1-2-7-17(15)23-18)21-10-5-11-24-14-16(21)13-20-8-3-4-9-20/h1-2,6-7,12,16H,3-5,8-11,13-14H2/t16-/m1/s1. The molecule has 5 heteroatoms. The second-order valence-electron chi connectivity index (χ2n) is 6.74. The van der Waals surface area contributed by atoms with Gasteiger partial charge in [0.1, 0.15) is 5.58 Å². The lowest BCUT2D eigenvalue weighted by molar-refractivity contribution is 0.0637. The Labute approximate surface area is 147 Å². The van der Waals surface area contributed by atoms with Gasteiger partial charge < -0.3 is 14.2 Å². The van der Waals surface area contributed by atoms with E-state index in [-0.39, 0.29) is 11.9 Å². The molecular formula is C19H24N2O2S. The maximum absolute atomic E-state index is 13.1. The van der Waals surface area contributed by atoms with Crippen molar-refractivity contribution in [3.63, 3.8) is 0 Å². The third-order valence-corrected chi connectivity index (χ3v) is 6.20. The number of para-hydroxylation sites is 1. The molecule has 2 aromatic rings. The van der Waals surface area contributed by atoms with E-state index in [0.29, 0.717) is 5.76 Å². The van der Waals surface area contributed by atoms with E-state index in [1.54, 1.807) is 0 Å². The molecule has 0 aliphatic carbocycles. The number of nitrogens with zero attached hydrogens (tertiary/aromatic N) is 2. The molecule has 0 radical (unpaired) electrons. The molecule has 0 unspecified atom stereocenters. The summed E-state index contributed by atoms with van der Waals surface area (Å²) in [5.41, 5.74) is 0.793. The fourth-order valence-corrected chi connectivity index (χ4v) is 4.80. The average Bonchev–Trinajstić information content (AvgIpc) is 3.20. The van der Waals surface area contributed by atoms with E-state index in [1.807, 2.05) is 42.1 Å². The maximum Gasteiger partial charge on any atom is 0.289 e. The predicted octanol–water partition coefficient (Wildman–Crippen LogP) is 3.48. The highest BCUT2D eigenvalue weighted by Gasteiger charge is 2.30. The quantitative estimate of drug-likeness (QED) is 0.854. The van der Waals surface area contributed by atoms with E-state index in [2.05, 4.69) is 9.80 Å². The number of amides is 1. The molecule has 0 N–H and O–H groups in total. The van der Waals surface area contributed by atoms with Crippen LogP contribution in [0.15, 0.2) is 34.7 Å². The van der Waals surface area contributed by atoms with Crippen molar-refractivity contribution in [2.75, 3.05) is 37.7 Å². The van der Waals surface area contributed by atoms with Crippen molar-refractivity contribution in [3.05, 3.63) is 36.1 Å². The van der Waals surface area contributed by atoms with E-state index >= 15 is 0 Å². The second kappa shape index (κ2) is 7.19. The Morgan fingerprint density at radius 2 is 2.00 bits per heavy atom. The molecule has 1 aromatic heterocycles. The predicted molar refractivity (Wildman–Crippen MR) is 98.7 cm³/mol. The molecule has 2 fully saturated rings. The molecule has 4 nitrogen and oxygen atoms in total. The van der Waals surface area contributed by atoms with Crippen LogP contribution in [0.4, 0.5) is 0 Å². The topological polar surface area (TPSA) is 36.7 Å². The lowest BCUT2D eigenvalue weighted by atomic mass is 10.2. The number of carbonyl (C=O) groups is 1. The number of rotatable bonds is 3. The van der Waals surface area contributed by atoms with Crippen LogP contribution in [0.5, 0.6) is 0 Å². The van der Waals surface area contributed by atoms with Crippen LogP contribution in [-0.2, 0) is 0 Å². The zero-order chi connectivity index (χ0) is 16.4. The first kappa shape index (κ1) is 16.0. The SMILES string of the molecule is O=C(c1cc2ccccc2o1)N1CCCSC[C@H]1CN1CCCC1. The highest BCUT2D eigenvalue weighted by Crippen LogP contribution is 2.24. The molecule has 1 amide bonds. The van der Waals surface area contributed by atoms with Gasteiger partial charge in [-0.1, -0.05) is 18.2 Å². The molecule has 0 spiro atoms. The summed E-state index contributed by atoms with van der Waals surface area (Å²) in [6.45, 7) is 4.18. The van der Waals surface area contributed by atoms with Crippen molar-refractivity contribution in [1.29, 1.82) is 0 Å². The molecule has 3 heterocycles. The molecule has 128 valence electrons. The van der Waals surface area contributed by atoms with Crippen LogP contribution >= 0.6 is 11.8 Å². The van der Waals surface area contributed by atoms with Crippen LogP contribution in [0, 0.1) is 0 Å². The third kappa shape index (κ3) is 3.33. The Morgan fingerprint density at radius 3 is 2.83 bits per heavy atom. The number of carbonyl (C=O) groups excluding carboxylic acids is 1. The van der Waals surface area contributed by atoms with Crippen LogP contribution in [0.2, 0.25) is 0 Å².